The van der Waals surface area contributed by atoms with Gasteiger partial charge in [0.1, 0.15) is 5.75 Å². The lowest BCUT2D eigenvalue weighted by Crippen LogP contribution is -2.27. The van der Waals surface area contributed by atoms with Crippen molar-refractivity contribution in [2.75, 3.05) is 18.5 Å². The molecular formula is C22H18F3N5O3. The van der Waals surface area contributed by atoms with Crippen molar-refractivity contribution >= 4 is 34.4 Å². The molecule has 0 aliphatic heterocycles. The minimum absolute atomic E-state index is 0.0474. The molecule has 0 aliphatic rings. The Bertz CT molecular complexity index is 1110. The van der Waals surface area contributed by atoms with Crippen LogP contribution in [0.5, 0.6) is 5.75 Å². The first kappa shape index (κ1) is 23.5. The van der Waals surface area contributed by atoms with Gasteiger partial charge in [-0.1, -0.05) is 0 Å². The van der Waals surface area contributed by atoms with Crippen LogP contribution < -0.4 is 10.1 Å². The van der Waals surface area contributed by atoms with E-state index >= 15 is 0 Å². The van der Waals surface area contributed by atoms with Crippen LogP contribution in [-0.2, 0) is 4.79 Å². The maximum atomic E-state index is 12.2. The van der Waals surface area contributed by atoms with Gasteiger partial charge in [-0.15, -0.1) is 0 Å². The number of nitrogens with zero attached hydrogens (tertiary/aromatic N) is 4. The Balaban J connectivity index is 1.55. The Morgan fingerprint density at radius 2 is 1.15 bits per heavy atom. The molecule has 3 rings (SSSR count). The van der Waals surface area contributed by atoms with E-state index in [0.717, 1.165) is 5.69 Å². The zero-order chi connectivity index (χ0) is 23.7. The van der Waals surface area contributed by atoms with Crippen molar-refractivity contribution in [1.29, 1.82) is 0 Å². The second-order valence-electron chi connectivity index (χ2n) is 6.49. The highest BCUT2D eigenvalue weighted by molar-refractivity contribution is 5.78. The highest BCUT2D eigenvalue weighted by atomic mass is 19.4. The summed E-state index contributed by atoms with van der Waals surface area (Å²) in [5.41, 5.74) is 3.03. The van der Waals surface area contributed by atoms with E-state index in [4.69, 9.17) is 5.11 Å². The van der Waals surface area contributed by atoms with Gasteiger partial charge in [0.05, 0.1) is 29.4 Å². The molecule has 0 saturated carbocycles. The summed E-state index contributed by atoms with van der Waals surface area (Å²) in [4.78, 5) is 10.8. The number of aliphatic hydroxyl groups excluding tert-OH is 1. The van der Waals surface area contributed by atoms with E-state index in [1.54, 1.807) is 36.4 Å². The Morgan fingerprint density at radius 3 is 1.55 bits per heavy atom. The van der Waals surface area contributed by atoms with Gasteiger partial charge in [0.25, 0.3) is 0 Å². The summed E-state index contributed by atoms with van der Waals surface area (Å²) in [5, 5.41) is 28.2. The zero-order valence-electron chi connectivity index (χ0n) is 17.0. The summed E-state index contributed by atoms with van der Waals surface area (Å²) in [7, 11) is 0. The number of aliphatic hydroxyl groups is 1. The molecule has 0 fully saturated rings. The highest BCUT2D eigenvalue weighted by Gasteiger charge is 2.41. The number of carbonyl (C=O) groups excluding carboxylic acids is 1. The average Bonchev–Trinajstić information content (AvgIpc) is 2.81. The molecule has 0 saturated heterocycles. The van der Waals surface area contributed by atoms with Crippen LogP contribution in [0, 0.1) is 0 Å². The molecule has 170 valence electrons. The van der Waals surface area contributed by atoms with E-state index in [-0.39, 0.29) is 12.4 Å². The largest absolute Gasteiger partial charge is 0.491 e. The number of alkyl halides is 3. The molecule has 0 bridgehead atoms. The van der Waals surface area contributed by atoms with Crippen molar-refractivity contribution in [3.8, 4) is 5.75 Å². The van der Waals surface area contributed by atoms with Gasteiger partial charge in [-0.2, -0.15) is 33.6 Å². The van der Waals surface area contributed by atoms with Crippen LogP contribution in [0.4, 0.5) is 41.6 Å². The third-order valence-corrected chi connectivity index (χ3v) is 4.00. The van der Waals surface area contributed by atoms with Crippen molar-refractivity contribution in [2.24, 2.45) is 20.5 Å². The van der Waals surface area contributed by atoms with E-state index in [9.17, 15) is 18.0 Å². The summed E-state index contributed by atoms with van der Waals surface area (Å²) < 4.78 is 40.8. The lowest BCUT2D eigenvalue weighted by molar-refractivity contribution is -0.189. The number of halogens is 3. The quantitative estimate of drug-likeness (QED) is 0.232. The molecule has 0 unspecified atom stereocenters. The number of hydrogen-bond donors (Lipinski definition) is 2. The predicted octanol–water partition coefficient (Wildman–Crippen LogP) is 6.39. The fourth-order valence-electron chi connectivity index (χ4n) is 2.41. The smallest absolute Gasteiger partial charge is 0.420 e. The molecule has 0 atom stereocenters. The predicted molar refractivity (Wildman–Crippen MR) is 115 cm³/mol. The molecule has 3 aromatic carbocycles. The molecule has 8 nitrogen and oxygen atoms in total. The Morgan fingerprint density at radius 1 is 0.758 bits per heavy atom. The molecular weight excluding hydrogens is 439 g/mol. The normalized spacial score (nSPS) is 11.8. The third kappa shape index (κ3) is 7.51. The summed E-state index contributed by atoms with van der Waals surface area (Å²) in [5.74, 6) is -2.54. The zero-order valence-corrected chi connectivity index (χ0v) is 17.0. The number of azo groups is 2. The SMILES string of the molecule is O=C(Oc1ccc(N=Nc2ccc(N=Nc3ccc(NCCO)cc3)cc2)cc1)C(F)(F)F. The van der Waals surface area contributed by atoms with Crippen molar-refractivity contribution in [2.45, 2.75) is 6.18 Å². The minimum atomic E-state index is -5.06. The first-order chi connectivity index (χ1) is 15.8. The van der Waals surface area contributed by atoms with E-state index in [1.165, 1.54) is 24.3 Å². The number of carbonyl (C=O) groups is 1. The Kier molecular flexibility index (Phi) is 7.82. The molecule has 2 N–H and O–H groups in total. The topological polar surface area (TPSA) is 108 Å². The van der Waals surface area contributed by atoms with Crippen molar-refractivity contribution < 1.29 is 27.8 Å². The molecule has 0 amide bonds. The highest BCUT2D eigenvalue weighted by Crippen LogP contribution is 2.26. The fourth-order valence-corrected chi connectivity index (χ4v) is 2.41. The average molecular weight is 457 g/mol. The maximum Gasteiger partial charge on any atom is 0.491 e. The van der Waals surface area contributed by atoms with Gasteiger partial charge < -0.3 is 15.2 Å². The molecule has 11 heteroatoms. The van der Waals surface area contributed by atoms with Crippen LogP contribution in [0.3, 0.4) is 0 Å². The van der Waals surface area contributed by atoms with Gasteiger partial charge in [-0.3, -0.25) is 0 Å². The number of nitrogens with one attached hydrogen (secondary N) is 1. The number of anilines is 1. The Labute approximate surface area is 186 Å². The molecule has 0 aliphatic carbocycles. The first-order valence-electron chi connectivity index (χ1n) is 9.61. The Hall–Kier alpha value is -4.12. The number of esters is 1. The number of benzene rings is 3. The molecule has 0 aromatic heterocycles. The van der Waals surface area contributed by atoms with Crippen molar-refractivity contribution in [3.63, 3.8) is 0 Å². The number of hydrogen-bond acceptors (Lipinski definition) is 8. The van der Waals surface area contributed by atoms with Crippen LogP contribution in [0.25, 0.3) is 0 Å². The lowest BCUT2D eigenvalue weighted by Gasteiger charge is -2.06. The fraction of sp³-hybridized carbons (Fsp3) is 0.136. The van der Waals surface area contributed by atoms with Gasteiger partial charge in [0.2, 0.25) is 0 Å². The van der Waals surface area contributed by atoms with Crippen molar-refractivity contribution in [1.82, 2.24) is 0 Å². The van der Waals surface area contributed by atoms with Gasteiger partial charge in [-0.05, 0) is 72.8 Å². The van der Waals surface area contributed by atoms with E-state index in [2.05, 4.69) is 30.5 Å². The van der Waals surface area contributed by atoms with Crippen LogP contribution in [0.15, 0.2) is 93.3 Å². The van der Waals surface area contributed by atoms with E-state index in [1.807, 2.05) is 12.1 Å². The number of ether oxygens (including phenoxy) is 1. The second-order valence-corrected chi connectivity index (χ2v) is 6.49. The monoisotopic (exact) mass is 457 g/mol. The van der Waals surface area contributed by atoms with Gasteiger partial charge >= 0.3 is 12.1 Å². The van der Waals surface area contributed by atoms with E-state index in [0.29, 0.717) is 29.3 Å². The summed E-state index contributed by atoms with van der Waals surface area (Å²) in [6.45, 7) is 0.513. The summed E-state index contributed by atoms with van der Waals surface area (Å²) in [6.07, 6.45) is -5.06. The van der Waals surface area contributed by atoms with Gasteiger partial charge in [0.15, 0.2) is 0 Å². The van der Waals surface area contributed by atoms with Crippen LogP contribution in [-0.4, -0.2) is 30.4 Å². The molecule has 3 aromatic rings. The van der Waals surface area contributed by atoms with Crippen molar-refractivity contribution in [3.05, 3.63) is 72.8 Å². The molecule has 0 spiro atoms. The van der Waals surface area contributed by atoms with Gasteiger partial charge in [0, 0.05) is 12.2 Å². The van der Waals surface area contributed by atoms with Crippen LogP contribution in [0.1, 0.15) is 0 Å². The molecule has 33 heavy (non-hydrogen) atoms. The number of rotatable bonds is 8. The maximum absolute atomic E-state index is 12.2. The van der Waals surface area contributed by atoms with Crippen LogP contribution in [0.2, 0.25) is 0 Å². The molecule has 0 radical (unpaired) electrons. The minimum Gasteiger partial charge on any atom is -0.420 e. The van der Waals surface area contributed by atoms with E-state index < -0.39 is 12.1 Å². The summed E-state index contributed by atoms with van der Waals surface area (Å²) in [6, 6.07) is 19.1. The second kappa shape index (κ2) is 11.0. The summed E-state index contributed by atoms with van der Waals surface area (Å²) >= 11 is 0. The first-order valence-corrected chi connectivity index (χ1v) is 9.61. The molecule has 0 heterocycles. The standard InChI is InChI=1S/C22H18F3N5O3/c23-22(24,25)21(32)33-20-11-9-19(10-12-20)30-29-18-7-5-17(6-8-18)28-27-16-3-1-15(2-4-16)26-13-14-31/h1-12,26,31H,13-14H2. The van der Waals surface area contributed by atoms with Crippen LogP contribution >= 0.6 is 0 Å². The third-order valence-electron chi connectivity index (χ3n) is 4.00. The van der Waals surface area contributed by atoms with Gasteiger partial charge in [-0.25, -0.2) is 4.79 Å². The lowest BCUT2D eigenvalue weighted by atomic mass is 10.3.